The van der Waals surface area contributed by atoms with E-state index in [1.54, 1.807) is 0 Å². The van der Waals surface area contributed by atoms with Crippen molar-refractivity contribution in [1.82, 2.24) is 15.5 Å². The molecule has 1 fully saturated rings. The van der Waals surface area contributed by atoms with Gasteiger partial charge in [0.1, 0.15) is 0 Å². The maximum Gasteiger partial charge on any atom is 0.232 e. The summed E-state index contributed by atoms with van der Waals surface area (Å²) in [6.45, 7) is 4.45. The van der Waals surface area contributed by atoms with Crippen LogP contribution in [0.15, 0.2) is 4.52 Å². The molecule has 2 rings (SSSR count). The van der Waals surface area contributed by atoms with Crippen LogP contribution in [0.3, 0.4) is 0 Å². The van der Waals surface area contributed by atoms with E-state index in [0.717, 1.165) is 34.7 Å². The zero-order chi connectivity index (χ0) is 13.0. The van der Waals surface area contributed by atoms with E-state index in [4.69, 9.17) is 4.52 Å². The van der Waals surface area contributed by atoms with Gasteiger partial charge in [-0.15, -0.1) is 0 Å². The molecule has 4 nitrogen and oxygen atoms in total. The third kappa shape index (κ3) is 3.65. The first kappa shape index (κ1) is 14.2. The molecule has 1 aromatic rings. The molecule has 2 atom stereocenters. The number of rotatable bonds is 6. The standard InChI is InChI=1S/C12H21N3OS2/c1-8(2)4-17-7-11-14-12(16-15-11)9-5-18-6-10(9)13-3/h8-10,13H,4-7H2,1-3H3. The van der Waals surface area contributed by atoms with Crippen molar-refractivity contribution in [3.8, 4) is 0 Å². The number of nitrogens with zero attached hydrogens (tertiary/aromatic N) is 2. The van der Waals surface area contributed by atoms with Gasteiger partial charge in [0, 0.05) is 17.5 Å². The van der Waals surface area contributed by atoms with Crippen LogP contribution in [0.2, 0.25) is 0 Å². The van der Waals surface area contributed by atoms with Gasteiger partial charge in [0.25, 0.3) is 0 Å². The first-order chi connectivity index (χ1) is 8.70. The minimum atomic E-state index is 0.372. The predicted octanol–water partition coefficient (Wildman–Crippen LogP) is 2.38. The van der Waals surface area contributed by atoms with E-state index in [0.29, 0.717) is 17.9 Å². The second kappa shape index (κ2) is 6.82. The molecular weight excluding hydrogens is 266 g/mol. The topological polar surface area (TPSA) is 51.0 Å². The minimum Gasteiger partial charge on any atom is -0.339 e. The second-order valence-electron chi connectivity index (χ2n) is 5.00. The maximum absolute atomic E-state index is 5.41. The fourth-order valence-corrected chi connectivity index (χ4v) is 4.25. The average molecular weight is 287 g/mol. The van der Waals surface area contributed by atoms with E-state index in [1.165, 1.54) is 0 Å². The van der Waals surface area contributed by atoms with Crippen molar-refractivity contribution < 1.29 is 4.52 Å². The van der Waals surface area contributed by atoms with E-state index < -0.39 is 0 Å². The zero-order valence-electron chi connectivity index (χ0n) is 11.2. The molecular formula is C12H21N3OS2. The number of hydrogen-bond donors (Lipinski definition) is 1. The summed E-state index contributed by atoms with van der Waals surface area (Å²) in [6, 6.07) is 0.464. The van der Waals surface area contributed by atoms with E-state index in [2.05, 4.69) is 29.3 Å². The molecule has 0 bridgehead atoms. The van der Waals surface area contributed by atoms with Gasteiger partial charge in [-0.3, -0.25) is 0 Å². The van der Waals surface area contributed by atoms with Crippen LogP contribution in [-0.2, 0) is 5.75 Å². The Morgan fingerprint density at radius 1 is 1.50 bits per heavy atom. The van der Waals surface area contributed by atoms with E-state index in [-0.39, 0.29) is 0 Å². The number of hydrogen-bond acceptors (Lipinski definition) is 6. The summed E-state index contributed by atoms with van der Waals surface area (Å²) >= 11 is 3.82. The highest BCUT2D eigenvalue weighted by molar-refractivity contribution is 7.99. The van der Waals surface area contributed by atoms with Gasteiger partial charge < -0.3 is 9.84 Å². The largest absolute Gasteiger partial charge is 0.339 e. The highest BCUT2D eigenvalue weighted by Gasteiger charge is 2.32. The second-order valence-corrected chi connectivity index (χ2v) is 7.10. The summed E-state index contributed by atoms with van der Waals surface area (Å²) in [5.74, 6) is 6.92. The lowest BCUT2D eigenvalue weighted by molar-refractivity contribution is 0.341. The van der Waals surface area contributed by atoms with Gasteiger partial charge in [-0.05, 0) is 18.7 Å². The summed E-state index contributed by atoms with van der Waals surface area (Å²) in [5.41, 5.74) is 0. The highest BCUT2D eigenvalue weighted by Crippen LogP contribution is 2.32. The van der Waals surface area contributed by atoms with Crippen molar-refractivity contribution >= 4 is 23.5 Å². The number of nitrogens with one attached hydrogen (secondary N) is 1. The smallest absolute Gasteiger partial charge is 0.232 e. The lowest BCUT2D eigenvalue weighted by atomic mass is 10.0. The number of thioether (sulfide) groups is 2. The van der Waals surface area contributed by atoms with Crippen molar-refractivity contribution in [1.29, 1.82) is 0 Å². The van der Waals surface area contributed by atoms with Crippen molar-refractivity contribution in [2.75, 3.05) is 24.3 Å². The maximum atomic E-state index is 5.41. The van der Waals surface area contributed by atoms with Crippen LogP contribution in [0.25, 0.3) is 0 Å². The van der Waals surface area contributed by atoms with Gasteiger partial charge >= 0.3 is 0 Å². The van der Waals surface area contributed by atoms with Gasteiger partial charge in [0.05, 0.1) is 11.7 Å². The normalized spacial score (nSPS) is 24.0. The van der Waals surface area contributed by atoms with Gasteiger partial charge in [0.2, 0.25) is 5.89 Å². The summed E-state index contributed by atoms with van der Waals surface area (Å²) in [7, 11) is 2.00. The van der Waals surface area contributed by atoms with Gasteiger partial charge in [-0.2, -0.15) is 28.5 Å². The van der Waals surface area contributed by atoms with Crippen LogP contribution in [0.5, 0.6) is 0 Å². The van der Waals surface area contributed by atoms with Crippen molar-refractivity contribution in [2.24, 2.45) is 5.92 Å². The van der Waals surface area contributed by atoms with E-state index in [1.807, 2.05) is 30.6 Å². The van der Waals surface area contributed by atoms with Crippen molar-refractivity contribution in [3.63, 3.8) is 0 Å². The first-order valence-corrected chi connectivity index (χ1v) is 8.67. The Balaban J connectivity index is 1.89. The molecule has 0 spiro atoms. The molecule has 0 radical (unpaired) electrons. The molecule has 6 heteroatoms. The molecule has 1 aliphatic heterocycles. The van der Waals surface area contributed by atoms with Crippen LogP contribution in [0.4, 0.5) is 0 Å². The SMILES string of the molecule is CNC1CSCC1c1nc(CSCC(C)C)no1. The van der Waals surface area contributed by atoms with E-state index in [9.17, 15) is 0 Å². The van der Waals surface area contributed by atoms with Crippen LogP contribution < -0.4 is 5.32 Å². The summed E-state index contributed by atoms with van der Waals surface area (Å²) in [4.78, 5) is 4.54. The van der Waals surface area contributed by atoms with Crippen molar-refractivity contribution in [2.45, 2.75) is 31.6 Å². The molecule has 1 saturated heterocycles. The fraction of sp³-hybridized carbons (Fsp3) is 0.833. The third-order valence-electron chi connectivity index (χ3n) is 2.93. The Morgan fingerprint density at radius 3 is 3.06 bits per heavy atom. The third-order valence-corrected chi connectivity index (χ3v) is 5.49. The minimum absolute atomic E-state index is 0.372. The molecule has 102 valence electrons. The molecule has 1 aromatic heterocycles. The summed E-state index contributed by atoms with van der Waals surface area (Å²) in [6.07, 6.45) is 0. The fourth-order valence-electron chi connectivity index (χ4n) is 1.94. The van der Waals surface area contributed by atoms with Crippen molar-refractivity contribution in [3.05, 3.63) is 11.7 Å². The molecule has 0 saturated carbocycles. The highest BCUT2D eigenvalue weighted by atomic mass is 32.2. The number of aromatic nitrogens is 2. The molecule has 18 heavy (non-hydrogen) atoms. The monoisotopic (exact) mass is 287 g/mol. The molecule has 1 aliphatic rings. The Labute approximate surface area is 117 Å². The van der Waals surface area contributed by atoms with Crippen LogP contribution in [0, 0.1) is 5.92 Å². The van der Waals surface area contributed by atoms with E-state index >= 15 is 0 Å². The van der Waals surface area contributed by atoms with Gasteiger partial charge in [0.15, 0.2) is 5.82 Å². The quantitative estimate of drug-likeness (QED) is 0.867. The van der Waals surface area contributed by atoms with Crippen LogP contribution in [-0.4, -0.2) is 40.5 Å². The lowest BCUT2D eigenvalue weighted by Crippen LogP contribution is -2.31. The first-order valence-electron chi connectivity index (χ1n) is 6.36. The molecule has 2 unspecified atom stereocenters. The molecule has 0 amide bonds. The Hall–Kier alpha value is -0.200. The molecule has 0 aliphatic carbocycles. The molecule has 0 aromatic carbocycles. The van der Waals surface area contributed by atoms with Crippen LogP contribution >= 0.6 is 23.5 Å². The molecule has 1 N–H and O–H groups in total. The zero-order valence-corrected chi connectivity index (χ0v) is 12.8. The Morgan fingerprint density at radius 2 is 2.33 bits per heavy atom. The Kier molecular flexibility index (Phi) is 5.38. The van der Waals surface area contributed by atoms with Gasteiger partial charge in [-0.25, -0.2) is 0 Å². The molecule has 2 heterocycles. The Bertz CT molecular complexity index is 370. The summed E-state index contributed by atoms with van der Waals surface area (Å²) in [5, 5.41) is 7.41. The summed E-state index contributed by atoms with van der Waals surface area (Å²) < 4.78 is 5.41. The predicted molar refractivity (Wildman–Crippen MR) is 78.2 cm³/mol. The lowest BCUT2D eigenvalue weighted by Gasteiger charge is -2.13. The van der Waals surface area contributed by atoms with Crippen LogP contribution in [0.1, 0.15) is 31.5 Å². The average Bonchev–Trinajstić information content (AvgIpc) is 2.95. The number of likely N-dealkylation sites (N-methyl/N-ethyl adjacent to an activating group) is 1. The van der Waals surface area contributed by atoms with Gasteiger partial charge in [-0.1, -0.05) is 19.0 Å².